The van der Waals surface area contributed by atoms with E-state index in [1.54, 1.807) is 0 Å². The Morgan fingerprint density at radius 2 is 2.31 bits per heavy atom. The van der Waals surface area contributed by atoms with Gasteiger partial charge in [-0.3, -0.25) is 0 Å². The SMILES string of the molecule is CCCCCOc1cnnnc1Cl. The predicted octanol–water partition coefficient (Wildman–Crippen LogP) is 2.09. The molecule has 0 bridgehead atoms. The van der Waals surface area contributed by atoms with Crippen molar-refractivity contribution in [3.8, 4) is 5.75 Å². The van der Waals surface area contributed by atoms with Crippen molar-refractivity contribution < 1.29 is 4.74 Å². The van der Waals surface area contributed by atoms with Gasteiger partial charge in [-0.2, -0.15) is 0 Å². The molecule has 0 aromatic carbocycles. The van der Waals surface area contributed by atoms with Crippen molar-refractivity contribution in [2.45, 2.75) is 26.2 Å². The molecule has 0 aliphatic rings. The number of hydrogen-bond acceptors (Lipinski definition) is 4. The summed E-state index contributed by atoms with van der Waals surface area (Å²) in [4.78, 5) is 0. The highest BCUT2D eigenvalue weighted by molar-refractivity contribution is 6.30. The summed E-state index contributed by atoms with van der Waals surface area (Å²) in [6.07, 6.45) is 4.82. The molecule has 1 rings (SSSR count). The second-order valence-electron chi connectivity index (χ2n) is 2.64. The monoisotopic (exact) mass is 201 g/mol. The highest BCUT2D eigenvalue weighted by Crippen LogP contribution is 2.18. The largest absolute Gasteiger partial charge is 0.489 e. The van der Waals surface area contributed by atoms with Crippen molar-refractivity contribution in [3.05, 3.63) is 11.3 Å². The quantitative estimate of drug-likeness (QED) is 0.685. The Morgan fingerprint density at radius 1 is 1.46 bits per heavy atom. The molecule has 0 fully saturated rings. The number of unbranched alkanes of at least 4 members (excludes halogenated alkanes) is 2. The Hall–Kier alpha value is -0.900. The second-order valence-corrected chi connectivity index (χ2v) is 3.00. The van der Waals surface area contributed by atoms with E-state index in [0.29, 0.717) is 12.4 Å². The van der Waals surface area contributed by atoms with Gasteiger partial charge in [-0.05, 0) is 11.6 Å². The summed E-state index contributed by atoms with van der Waals surface area (Å²) in [7, 11) is 0. The van der Waals surface area contributed by atoms with Crippen LogP contribution in [0.25, 0.3) is 0 Å². The van der Waals surface area contributed by atoms with E-state index in [1.807, 2.05) is 0 Å². The predicted molar refractivity (Wildman–Crippen MR) is 49.9 cm³/mol. The standard InChI is InChI=1S/C8H12ClN3O/c1-2-3-4-5-13-7-6-10-12-11-8(7)9/h6H,2-5H2,1H3. The maximum absolute atomic E-state index is 5.70. The van der Waals surface area contributed by atoms with Gasteiger partial charge >= 0.3 is 0 Å². The molecule has 1 heterocycles. The Bertz CT molecular complexity index is 257. The summed E-state index contributed by atoms with van der Waals surface area (Å²) in [5, 5.41) is 10.8. The minimum Gasteiger partial charge on any atom is -0.489 e. The van der Waals surface area contributed by atoms with Crippen molar-refractivity contribution in [2.75, 3.05) is 6.61 Å². The van der Waals surface area contributed by atoms with Crippen LogP contribution < -0.4 is 4.74 Å². The third-order valence-corrected chi connectivity index (χ3v) is 1.83. The number of ether oxygens (including phenoxy) is 1. The van der Waals surface area contributed by atoms with Crippen LogP contribution in [0.2, 0.25) is 5.15 Å². The highest BCUT2D eigenvalue weighted by atomic mass is 35.5. The zero-order valence-electron chi connectivity index (χ0n) is 7.53. The fraction of sp³-hybridized carbons (Fsp3) is 0.625. The molecule has 13 heavy (non-hydrogen) atoms. The van der Waals surface area contributed by atoms with Crippen LogP contribution in [0, 0.1) is 0 Å². The van der Waals surface area contributed by atoms with Crippen LogP contribution in [-0.2, 0) is 0 Å². The van der Waals surface area contributed by atoms with E-state index < -0.39 is 0 Å². The summed E-state index contributed by atoms with van der Waals surface area (Å²) in [5.74, 6) is 0.507. The van der Waals surface area contributed by atoms with E-state index >= 15 is 0 Å². The minimum absolute atomic E-state index is 0.270. The van der Waals surface area contributed by atoms with Gasteiger partial charge in [-0.25, -0.2) is 0 Å². The molecule has 4 nitrogen and oxygen atoms in total. The summed E-state index contributed by atoms with van der Waals surface area (Å²) < 4.78 is 5.34. The third-order valence-electron chi connectivity index (χ3n) is 1.57. The zero-order chi connectivity index (χ0) is 9.52. The number of hydrogen-bond donors (Lipinski definition) is 0. The molecule has 0 amide bonds. The van der Waals surface area contributed by atoms with Gasteiger partial charge in [0.15, 0.2) is 10.9 Å². The van der Waals surface area contributed by atoms with Crippen molar-refractivity contribution in [1.29, 1.82) is 0 Å². The third kappa shape index (κ3) is 3.55. The van der Waals surface area contributed by atoms with E-state index in [-0.39, 0.29) is 5.15 Å². The summed E-state index contributed by atoms with van der Waals surface area (Å²) in [5.41, 5.74) is 0. The Kier molecular flexibility index (Phi) is 4.46. The number of rotatable bonds is 5. The van der Waals surface area contributed by atoms with E-state index in [4.69, 9.17) is 16.3 Å². The first-order valence-corrected chi connectivity index (χ1v) is 4.69. The van der Waals surface area contributed by atoms with Gasteiger partial charge < -0.3 is 4.74 Å². The molecule has 0 saturated heterocycles. The molecule has 72 valence electrons. The van der Waals surface area contributed by atoms with E-state index in [2.05, 4.69) is 22.3 Å². The molecule has 0 aliphatic heterocycles. The molecule has 0 unspecified atom stereocenters. The molecule has 0 N–H and O–H groups in total. The van der Waals surface area contributed by atoms with Crippen molar-refractivity contribution in [3.63, 3.8) is 0 Å². The summed E-state index contributed by atoms with van der Waals surface area (Å²) >= 11 is 5.70. The summed E-state index contributed by atoms with van der Waals surface area (Å²) in [6, 6.07) is 0. The first-order valence-electron chi connectivity index (χ1n) is 4.31. The molecule has 1 aromatic rings. The van der Waals surface area contributed by atoms with Crippen LogP contribution >= 0.6 is 11.6 Å². The van der Waals surface area contributed by atoms with E-state index in [9.17, 15) is 0 Å². The second kappa shape index (κ2) is 5.70. The fourth-order valence-electron chi connectivity index (χ4n) is 0.877. The van der Waals surface area contributed by atoms with Crippen LogP contribution in [0.1, 0.15) is 26.2 Å². The molecular formula is C8H12ClN3O. The first-order chi connectivity index (χ1) is 6.34. The number of aromatic nitrogens is 3. The van der Waals surface area contributed by atoms with Crippen LogP contribution in [-0.4, -0.2) is 22.0 Å². The van der Waals surface area contributed by atoms with Gasteiger partial charge in [0.25, 0.3) is 0 Å². The van der Waals surface area contributed by atoms with Crippen LogP contribution in [0.3, 0.4) is 0 Å². The maximum Gasteiger partial charge on any atom is 0.197 e. The van der Waals surface area contributed by atoms with Crippen LogP contribution in [0.15, 0.2) is 6.20 Å². The molecule has 0 spiro atoms. The van der Waals surface area contributed by atoms with Gasteiger partial charge in [0.1, 0.15) is 0 Å². The highest BCUT2D eigenvalue weighted by Gasteiger charge is 2.01. The van der Waals surface area contributed by atoms with Crippen molar-refractivity contribution in [2.24, 2.45) is 0 Å². The average Bonchev–Trinajstić information content (AvgIpc) is 2.15. The molecule has 5 heteroatoms. The Labute approximate surface area is 82.3 Å². The zero-order valence-corrected chi connectivity index (χ0v) is 8.29. The summed E-state index contributed by atoms with van der Waals surface area (Å²) in [6.45, 7) is 2.80. The topological polar surface area (TPSA) is 47.9 Å². The Morgan fingerprint density at radius 3 is 3.00 bits per heavy atom. The fourth-order valence-corrected chi connectivity index (χ4v) is 1.01. The van der Waals surface area contributed by atoms with Crippen molar-refractivity contribution >= 4 is 11.6 Å². The number of halogens is 1. The lowest BCUT2D eigenvalue weighted by atomic mass is 10.3. The smallest absolute Gasteiger partial charge is 0.197 e. The maximum atomic E-state index is 5.70. The van der Waals surface area contributed by atoms with E-state index in [1.165, 1.54) is 12.6 Å². The van der Waals surface area contributed by atoms with Crippen molar-refractivity contribution in [1.82, 2.24) is 15.4 Å². The van der Waals surface area contributed by atoms with Crippen LogP contribution in [0.4, 0.5) is 0 Å². The molecular weight excluding hydrogens is 190 g/mol. The minimum atomic E-state index is 0.270. The van der Waals surface area contributed by atoms with Crippen LogP contribution in [0.5, 0.6) is 5.75 Å². The lowest BCUT2D eigenvalue weighted by Gasteiger charge is -2.04. The van der Waals surface area contributed by atoms with Gasteiger partial charge in [0.2, 0.25) is 0 Å². The van der Waals surface area contributed by atoms with Gasteiger partial charge in [-0.1, -0.05) is 31.4 Å². The molecule has 0 radical (unpaired) electrons. The van der Waals surface area contributed by atoms with Gasteiger partial charge in [0, 0.05) is 0 Å². The normalized spacial score (nSPS) is 10.0. The molecule has 1 aromatic heterocycles. The van der Waals surface area contributed by atoms with Gasteiger partial charge in [0.05, 0.1) is 12.8 Å². The first kappa shape index (κ1) is 10.2. The lowest BCUT2D eigenvalue weighted by molar-refractivity contribution is 0.302. The molecule has 0 saturated carbocycles. The number of nitrogens with zero attached hydrogens (tertiary/aromatic N) is 3. The molecule has 0 aliphatic carbocycles. The Balaban J connectivity index is 2.32. The van der Waals surface area contributed by atoms with E-state index in [0.717, 1.165) is 12.8 Å². The lowest BCUT2D eigenvalue weighted by Crippen LogP contribution is -1.99. The average molecular weight is 202 g/mol. The van der Waals surface area contributed by atoms with Gasteiger partial charge in [-0.15, -0.1) is 10.2 Å². The molecule has 0 atom stereocenters.